The van der Waals surface area contributed by atoms with Gasteiger partial charge in [-0.1, -0.05) is 13.8 Å². The lowest BCUT2D eigenvalue weighted by atomic mass is 9.97. The number of nitrogens with zero attached hydrogens (tertiary/aromatic N) is 4. The van der Waals surface area contributed by atoms with Gasteiger partial charge in [0.05, 0.1) is 5.92 Å². The molecule has 7 heteroatoms. The molecule has 0 radical (unpaired) electrons. The van der Waals surface area contributed by atoms with E-state index in [4.69, 9.17) is 0 Å². The van der Waals surface area contributed by atoms with E-state index >= 15 is 0 Å². The fourth-order valence-electron chi connectivity index (χ4n) is 3.35. The molecular weight excluding hydrogens is 318 g/mol. The van der Waals surface area contributed by atoms with Crippen LogP contribution in [-0.4, -0.2) is 59.4 Å². The van der Waals surface area contributed by atoms with Gasteiger partial charge in [-0.2, -0.15) is 0 Å². The maximum Gasteiger partial charge on any atom is 0.227 e. The molecule has 2 aliphatic heterocycles. The summed E-state index contributed by atoms with van der Waals surface area (Å²) in [7, 11) is 0. The SMILES string of the molecule is Cc1cc(N2CCN(C(=O)[C@H]3CCC(=O)NC3)CC2)nc(C(C)C)n1. The number of nitrogens with one attached hydrogen (secondary N) is 1. The lowest BCUT2D eigenvalue weighted by Gasteiger charge is -2.37. The van der Waals surface area contributed by atoms with Crippen LogP contribution in [0.4, 0.5) is 5.82 Å². The first-order valence-electron chi connectivity index (χ1n) is 9.10. The number of hydrogen-bond acceptors (Lipinski definition) is 5. The van der Waals surface area contributed by atoms with Crippen LogP contribution in [0.1, 0.15) is 44.1 Å². The van der Waals surface area contributed by atoms with Crippen LogP contribution in [0.3, 0.4) is 0 Å². The second kappa shape index (κ2) is 7.37. The summed E-state index contributed by atoms with van der Waals surface area (Å²) in [5.41, 5.74) is 0.977. The molecule has 0 aliphatic carbocycles. The van der Waals surface area contributed by atoms with Crippen molar-refractivity contribution in [1.29, 1.82) is 0 Å². The van der Waals surface area contributed by atoms with Crippen molar-refractivity contribution in [2.75, 3.05) is 37.6 Å². The molecule has 0 spiro atoms. The zero-order valence-corrected chi connectivity index (χ0v) is 15.3. The Labute approximate surface area is 148 Å². The maximum atomic E-state index is 12.6. The standard InChI is InChI=1S/C18H27N5O2/c1-12(2)17-20-13(3)10-15(21-17)22-6-8-23(9-7-22)18(25)14-4-5-16(24)19-11-14/h10,12,14H,4-9,11H2,1-3H3,(H,19,24)/t14-/m0/s1. The summed E-state index contributed by atoms with van der Waals surface area (Å²) in [5, 5.41) is 2.80. The summed E-state index contributed by atoms with van der Waals surface area (Å²) in [6.45, 7) is 9.61. The highest BCUT2D eigenvalue weighted by molar-refractivity contribution is 5.84. The van der Waals surface area contributed by atoms with Crippen molar-refractivity contribution < 1.29 is 9.59 Å². The Morgan fingerprint density at radius 1 is 1.24 bits per heavy atom. The lowest BCUT2D eigenvalue weighted by Crippen LogP contribution is -2.52. The van der Waals surface area contributed by atoms with Gasteiger partial charge >= 0.3 is 0 Å². The molecule has 0 aromatic carbocycles. The Kier molecular flexibility index (Phi) is 5.20. The van der Waals surface area contributed by atoms with E-state index in [0.717, 1.165) is 30.4 Å². The molecular formula is C18H27N5O2. The van der Waals surface area contributed by atoms with Crippen LogP contribution in [0.25, 0.3) is 0 Å². The maximum absolute atomic E-state index is 12.6. The molecule has 2 amide bonds. The van der Waals surface area contributed by atoms with Gasteiger partial charge in [-0.25, -0.2) is 9.97 Å². The number of rotatable bonds is 3. The number of piperazine rings is 1. The molecule has 2 saturated heterocycles. The van der Waals surface area contributed by atoms with E-state index in [-0.39, 0.29) is 17.7 Å². The van der Waals surface area contributed by atoms with Crippen LogP contribution >= 0.6 is 0 Å². The third kappa shape index (κ3) is 4.08. The van der Waals surface area contributed by atoms with Gasteiger partial charge < -0.3 is 15.1 Å². The van der Waals surface area contributed by atoms with Gasteiger partial charge in [0.1, 0.15) is 11.6 Å². The molecule has 1 aromatic rings. The molecule has 3 rings (SSSR count). The molecule has 1 N–H and O–H groups in total. The van der Waals surface area contributed by atoms with Crippen molar-refractivity contribution in [2.24, 2.45) is 5.92 Å². The van der Waals surface area contributed by atoms with E-state index in [9.17, 15) is 9.59 Å². The minimum absolute atomic E-state index is 0.0500. The van der Waals surface area contributed by atoms with E-state index < -0.39 is 0 Å². The molecule has 7 nitrogen and oxygen atoms in total. The minimum Gasteiger partial charge on any atom is -0.355 e. The number of aryl methyl sites for hydroxylation is 1. The van der Waals surface area contributed by atoms with Gasteiger partial charge in [0.15, 0.2) is 0 Å². The average Bonchev–Trinajstić information content (AvgIpc) is 2.61. The largest absolute Gasteiger partial charge is 0.355 e. The molecule has 3 heterocycles. The third-order valence-electron chi connectivity index (χ3n) is 4.90. The van der Waals surface area contributed by atoms with Crippen LogP contribution in [0.5, 0.6) is 0 Å². The highest BCUT2D eigenvalue weighted by Gasteiger charge is 2.30. The molecule has 2 aliphatic rings. The van der Waals surface area contributed by atoms with E-state index in [2.05, 4.69) is 34.0 Å². The Morgan fingerprint density at radius 2 is 1.96 bits per heavy atom. The molecule has 1 atom stereocenters. The van der Waals surface area contributed by atoms with Crippen LogP contribution in [0.15, 0.2) is 6.07 Å². The van der Waals surface area contributed by atoms with Crippen LogP contribution in [0.2, 0.25) is 0 Å². The number of amides is 2. The lowest BCUT2D eigenvalue weighted by molar-refractivity contribution is -0.137. The van der Waals surface area contributed by atoms with Crippen molar-refractivity contribution in [3.63, 3.8) is 0 Å². The smallest absolute Gasteiger partial charge is 0.227 e. The van der Waals surface area contributed by atoms with Crippen LogP contribution < -0.4 is 10.2 Å². The van der Waals surface area contributed by atoms with Gasteiger partial charge in [-0.15, -0.1) is 0 Å². The summed E-state index contributed by atoms with van der Waals surface area (Å²) in [6, 6.07) is 2.01. The number of aromatic nitrogens is 2. The summed E-state index contributed by atoms with van der Waals surface area (Å²) in [4.78, 5) is 37.2. The Hall–Kier alpha value is -2.18. The van der Waals surface area contributed by atoms with Crippen molar-refractivity contribution in [1.82, 2.24) is 20.2 Å². The van der Waals surface area contributed by atoms with Crippen LogP contribution in [0, 0.1) is 12.8 Å². The second-order valence-corrected chi connectivity index (χ2v) is 7.23. The minimum atomic E-state index is -0.0712. The number of piperidine rings is 1. The van der Waals surface area contributed by atoms with Crippen molar-refractivity contribution in [2.45, 2.75) is 39.5 Å². The number of anilines is 1. The molecule has 0 saturated carbocycles. The van der Waals surface area contributed by atoms with Gasteiger partial charge in [0.25, 0.3) is 0 Å². The molecule has 0 bridgehead atoms. The first-order chi connectivity index (χ1) is 11.9. The van der Waals surface area contributed by atoms with Crippen molar-refractivity contribution in [3.8, 4) is 0 Å². The van der Waals surface area contributed by atoms with Gasteiger partial charge in [-0.3, -0.25) is 9.59 Å². The predicted molar refractivity (Wildman–Crippen MR) is 95.4 cm³/mol. The zero-order valence-electron chi connectivity index (χ0n) is 15.3. The Morgan fingerprint density at radius 3 is 2.56 bits per heavy atom. The quantitative estimate of drug-likeness (QED) is 0.887. The van der Waals surface area contributed by atoms with Crippen LogP contribution in [-0.2, 0) is 9.59 Å². The summed E-state index contributed by atoms with van der Waals surface area (Å²) in [5.74, 6) is 2.26. The molecule has 0 unspecified atom stereocenters. The fraction of sp³-hybridized carbons (Fsp3) is 0.667. The highest BCUT2D eigenvalue weighted by Crippen LogP contribution is 2.20. The van der Waals surface area contributed by atoms with E-state index in [1.54, 1.807) is 0 Å². The average molecular weight is 345 g/mol. The van der Waals surface area contributed by atoms with E-state index in [1.165, 1.54) is 0 Å². The number of hydrogen-bond donors (Lipinski definition) is 1. The number of carbonyl (C=O) groups is 2. The number of carbonyl (C=O) groups excluding carboxylic acids is 2. The second-order valence-electron chi connectivity index (χ2n) is 7.23. The Balaban J connectivity index is 1.60. The van der Waals surface area contributed by atoms with E-state index in [0.29, 0.717) is 38.4 Å². The van der Waals surface area contributed by atoms with Crippen molar-refractivity contribution in [3.05, 3.63) is 17.6 Å². The molecule has 136 valence electrons. The summed E-state index contributed by atoms with van der Waals surface area (Å²) < 4.78 is 0. The monoisotopic (exact) mass is 345 g/mol. The topological polar surface area (TPSA) is 78.4 Å². The Bertz CT molecular complexity index is 643. The van der Waals surface area contributed by atoms with Gasteiger partial charge in [0, 0.05) is 56.8 Å². The molecule has 2 fully saturated rings. The van der Waals surface area contributed by atoms with Gasteiger partial charge in [0.2, 0.25) is 11.8 Å². The fourth-order valence-corrected chi connectivity index (χ4v) is 3.35. The molecule has 1 aromatic heterocycles. The summed E-state index contributed by atoms with van der Waals surface area (Å²) in [6.07, 6.45) is 1.11. The highest BCUT2D eigenvalue weighted by atomic mass is 16.2. The van der Waals surface area contributed by atoms with Gasteiger partial charge in [-0.05, 0) is 13.3 Å². The zero-order chi connectivity index (χ0) is 18.0. The normalized spacial score (nSPS) is 21.4. The van der Waals surface area contributed by atoms with Crippen molar-refractivity contribution >= 4 is 17.6 Å². The first kappa shape index (κ1) is 17.6. The van der Waals surface area contributed by atoms with E-state index in [1.807, 2.05) is 17.9 Å². The first-order valence-corrected chi connectivity index (χ1v) is 9.10. The predicted octanol–water partition coefficient (Wildman–Crippen LogP) is 1.08. The third-order valence-corrected chi connectivity index (χ3v) is 4.90. The molecule has 25 heavy (non-hydrogen) atoms. The summed E-state index contributed by atoms with van der Waals surface area (Å²) >= 11 is 0.